The highest BCUT2D eigenvalue weighted by Gasteiger charge is 2.32. The molecule has 1 nitrogen and oxygen atoms in total. The average Bonchev–Trinajstić information content (AvgIpc) is 1.92. The largest absolute Gasteiger partial charge is 0.312 e. The summed E-state index contributed by atoms with van der Waals surface area (Å²) in [6.07, 6.45) is 10.5. The molecule has 10 heavy (non-hydrogen) atoms. The monoisotopic (exact) mass is 133 g/mol. The molecule has 0 heterocycles. The van der Waals surface area contributed by atoms with Gasteiger partial charge in [-0.1, -0.05) is 23.8 Å². The summed E-state index contributed by atoms with van der Waals surface area (Å²) in [5.74, 6) is 1.27. The van der Waals surface area contributed by atoms with Gasteiger partial charge in [0.2, 0.25) is 0 Å². The molecule has 0 aromatic carbocycles. The Bertz CT molecular complexity index is 213. The Balaban J connectivity index is 2.18. The molecule has 52 valence electrons. The van der Waals surface area contributed by atoms with Crippen LogP contribution < -0.4 is 0 Å². The van der Waals surface area contributed by atoms with E-state index >= 15 is 0 Å². The van der Waals surface area contributed by atoms with Gasteiger partial charge in [0, 0.05) is 12.1 Å². The lowest BCUT2D eigenvalue weighted by molar-refractivity contribution is 0.388. The zero-order valence-corrected chi connectivity index (χ0v) is 5.88. The Kier molecular flexibility index (Phi) is 1.23. The third-order valence-corrected chi connectivity index (χ3v) is 2.48. The van der Waals surface area contributed by atoms with Gasteiger partial charge < -0.3 is 5.41 Å². The Morgan fingerprint density at radius 3 is 3.20 bits per heavy atom. The molecule has 1 N–H and O–H groups in total. The summed E-state index contributed by atoms with van der Waals surface area (Å²) in [5, 5.41) is 7.09. The topological polar surface area (TPSA) is 23.9 Å². The summed E-state index contributed by atoms with van der Waals surface area (Å²) in [6, 6.07) is 0. The van der Waals surface area contributed by atoms with Gasteiger partial charge in [-0.2, -0.15) is 0 Å². The van der Waals surface area contributed by atoms with E-state index in [0.717, 1.165) is 5.92 Å². The van der Waals surface area contributed by atoms with Crippen molar-refractivity contribution in [2.24, 2.45) is 11.8 Å². The predicted molar refractivity (Wildman–Crippen MR) is 42.2 cm³/mol. The third-order valence-electron chi connectivity index (χ3n) is 2.48. The van der Waals surface area contributed by atoms with Crippen molar-refractivity contribution >= 4 is 6.21 Å². The molecule has 0 saturated heterocycles. The van der Waals surface area contributed by atoms with Gasteiger partial charge in [-0.3, -0.25) is 0 Å². The highest BCUT2D eigenvalue weighted by Crippen LogP contribution is 2.42. The Morgan fingerprint density at radius 2 is 2.50 bits per heavy atom. The lowest BCUT2D eigenvalue weighted by Gasteiger charge is -2.37. The molecule has 0 bridgehead atoms. The molecule has 2 atom stereocenters. The van der Waals surface area contributed by atoms with Crippen molar-refractivity contribution in [3.8, 4) is 0 Å². The quantitative estimate of drug-likeness (QED) is 0.530. The average molecular weight is 133 g/mol. The number of allylic oxidation sites excluding steroid dienone is 4. The standard InChI is InChI=1S/C9H11N/c10-6-8-5-7-3-1-2-4-9(7)8/h1-2,4,6-8,10H,3,5H2. The summed E-state index contributed by atoms with van der Waals surface area (Å²) in [4.78, 5) is 0. The minimum atomic E-state index is 0.481. The van der Waals surface area contributed by atoms with Gasteiger partial charge in [-0.05, 0) is 18.8 Å². The first-order chi connectivity index (χ1) is 4.92. The Labute approximate surface area is 61.0 Å². The highest BCUT2D eigenvalue weighted by molar-refractivity contribution is 5.65. The molecule has 0 radical (unpaired) electrons. The maximum Gasteiger partial charge on any atom is 0.0157 e. The van der Waals surface area contributed by atoms with Crippen LogP contribution in [0.2, 0.25) is 0 Å². The molecule has 0 aromatic rings. The van der Waals surface area contributed by atoms with Gasteiger partial charge in [0.15, 0.2) is 0 Å². The van der Waals surface area contributed by atoms with Crippen LogP contribution in [0, 0.1) is 17.2 Å². The normalized spacial score (nSPS) is 35.8. The van der Waals surface area contributed by atoms with Crippen LogP contribution >= 0.6 is 0 Å². The predicted octanol–water partition coefficient (Wildman–Crippen LogP) is 2.16. The fourth-order valence-electron chi connectivity index (χ4n) is 1.80. The molecule has 0 aliphatic heterocycles. The summed E-state index contributed by atoms with van der Waals surface area (Å²) >= 11 is 0. The summed E-state index contributed by atoms with van der Waals surface area (Å²) < 4.78 is 0. The highest BCUT2D eigenvalue weighted by atomic mass is 14.4. The van der Waals surface area contributed by atoms with Crippen LogP contribution in [0.5, 0.6) is 0 Å². The van der Waals surface area contributed by atoms with Crippen molar-refractivity contribution in [3.05, 3.63) is 23.8 Å². The van der Waals surface area contributed by atoms with E-state index < -0.39 is 0 Å². The SMILES string of the molecule is N=CC1CC2CC=CC=C12. The molecule has 0 aromatic heterocycles. The lowest BCUT2D eigenvalue weighted by Crippen LogP contribution is -2.29. The summed E-state index contributed by atoms with van der Waals surface area (Å²) in [6.45, 7) is 0. The molecular weight excluding hydrogens is 122 g/mol. The van der Waals surface area contributed by atoms with Gasteiger partial charge in [-0.25, -0.2) is 0 Å². The van der Waals surface area contributed by atoms with E-state index in [2.05, 4.69) is 18.2 Å². The maximum absolute atomic E-state index is 7.09. The fraction of sp³-hybridized carbons (Fsp3) is 0.444. The van der Waals surface area contributed by atoms with Gasteiger partial charge in [-0.15, -0.1) is 0 Å². The fourth-order valence-corrected chi connectivity index (χ4v) is 1.80. The van der Waals surface area contributed by atoms with Crippen molar-refractivity contribution in [3.63, 3.8) is 0 Å². The van der Waals surface area contributed by atoms with E-state index in [1.807, 2.05) is 0 Å². The Hall–Kier alpha value is -0.850. The van der Waals surface area contributed by atoms with Crippen molar-refractivity contribution in [1.82, 2.24) is 0 Å². The number of rotatable bonds is 1. The lowest BCUT2D eigenvalue weighted by atomic mass is 9.67. The first-order valence-electron chi connectivity index (χ1n) is 3.79. The molecule has 2 rings (SSSR count). The van der Waals surface area contributed by atoms with E-state index in [4.69, 9.17) is 5.41 Å². The summed E-state index contributed by atoms with van der Waals surface area (Å²) in [5.41, 5.74) is 1.48. The van der Waals surface area contributed by atoms with Gasteiger partial charge in [0.25, 0.3) is 0 Å². The van der Waals surface area contributed by atoms with Crippen LogP contribution in [-0.4, -0.2) is 6.21 Å². The van der Waals surface area contributed by atoms with Gasteiger partial charge >= 0.3 is 0 Å². The zero-order valence-electron chi connectivity index (χ0n) is 5.88. The second-order valence-corrected chi connectivity index (χ2v) is 3.04. The van der Waals surface area contributed by atoms with E-state index in [-0.39, 0.29) is 0 Å². The molecule has 0 amide bonds. The first-order valence-corrected chi connectivity index (χ1v) is 3.79. The van der Waals surface area contributed by atoms with Crippen molar-refractivity contribution in [1.29, 1.82) is 5.41 Å². The van der Waals surface area contributed by atoms with Crippen molar-refractivity contribution in [2.45, 2.75) is 12.8 Å². The molecule has 2 aliphatic rings. The molecule has 0 spiro atoms. The maximum atomic E-state index is 7.09. The minimum absolute atomic E-state index is 0.481. The zero-order chi connectivity index (χ0) is 6.97. The molecular formula is C9H11N. The van der Waals surface area contributed by atoms with Crippen LogP contribution in [0.3, 0.4) is 0 Å². The second-order valence-electron chi connectivity index (χ2n) is 3.04. The molecule has 1 heteroatoms. The van der Waals surface area contributed by atoms with Gasteiger partial charge in [0.05, 0.1) is 0 Å². The van der Waals surface area contributed by atoms with E-state index in [1.165, 1.54) is 18.4 Å². The van der Waals surface area contributed by atoms with E-state index in [0.29, 0.717) is 5.92 Å². The van der Waals surface area contributed by atoms with Crippen LogP contribution in [0.4, 0.5) is 0 Å². The van der Waals surface area contributed by atoms with Crippen LogP contribution in [-0.2, 0) is 0 Å². The van der Waals surface area contributed by atoms with Crippen LogP contribution in [0.15, 0.2) is 23.8 Å². The number of hydrogen-bond acceptors (Lipinski definition) is 1. The van der Waals surface area contributed by atoms with Crippen molar-refractivity contribution in [2.75, 3.05) is 0 Å². The molecule has 2 aliphatic carbocycles. The molecule has 1 fully saturated rings. The number of fused-ring (bicyclic) bond motifs is 1. The number of nitrogens with one attached hydrogen (secondary N) is 1. The minimum Gasteiger partial charge on any atom is -0.312 e. The molecule has 2 unspecified atom stereocenters. The van der Waals surface area contributed by atoms with E-state index in [9.17, 15) is 0 Å². The van der Waals surface area contributed by atoms with Crippen molar-refractivity contribution < 1.29 is 0 Å². The van der Waals surface area contributed by atoms with Crippen LogP contribution in [0.25, 0.3) is 0 Å². The first kappa shape index (κ1) is 5.90. The van der Waals surface area contributed by atoms with E-state index in [1.54, 1.807) is 6.21 Å². The summed E-state index contributed by atoms with van der Waals surface area (Å²) in [7, 11) is 0. The van der Waals surface area contributed by atoms with Crippen LogP contribution in [0.1, 0.15) is 12.8 Å². The number of hydrogen-bond donors (Lipinski definition) is 1. The van der Waals surface area contributed by atoms with Gasteiger partial charge in [0.1, 0.15) is 0 Å². The molecule has 1 saturated carbocycles. The third kappa shape index (κ3) is 0.666. The Morgan fingerprint density at radius 1 is 1.60 bits per heavy atom. The smallest absolute Gasteiger partial charge is 0.0157 e. The second kappa shape index (κ2) is 2.08.